The summed E-state index contributed by atoms with van der Waals surface area (Å²) in [5.41, 5.74) is 5.62. The van der Waals surface area contributed by atoms with Gasteiger partial charge in [-0.1, -0.05) is 54.4 Å². The molecule has 53 heavy (non-hydrogen) atoms. The lowest BCUT2D eigenvalue weighted by molar-refractivity contribution is -0.123. The van der Waals surface area contributed by atoms with Crippen molar-refractivity contribution >= 4 is 57.8 Å². The molecule has 1 aliphatic carbocycles. The molecule has 0 bridgehead atoms. The highest BCUT2D eigenvalue weighted by molar-refractivity contribution is 7.15. The standard InChI is InChI=1S/C41H40ClN5O5S/c1-22-13-18-33(34(50)19-22)47-39(51)31-12-8-9-27(36(31)40(47)52)20-29(48)10-6-5-7-11-30(49)21-32-38-45-44-25(4)46(38)41-35(23(2)24(3)53-41)37(43-32)26-14-16-28(42)17-15-26/h8-9,12,14-17,32-33H,1,5-7,10-11,13,18-21H2,2-4H3/t32-,33?/m0/s1. The number of halogens is 1. The Hall–Kier alpha value is -4.87. The highest BCUT2D eigenvalue weighted by atomic mass is 35.5. The lowest BCUT2D eigenvalue weighted by Crippen LogP contribution is -2.46. The fraction of sp³-hybridized carbons (Fsp3) is 0.366. The van der Waals surface area contributed by atoms with Crippen molar-refractivity contribution in [3.05, 3.63) is 110 Å². The van der Waals surface area contributed by atoms with E-state index in [0.717, 1.165) is 43.7 Å². The molecular formula is C41H40ClN5O5S. The van der Waals surface area contributed by atoms with Gasteiger partial charge in [0, 0.05) is 53.1 Å². The van der Waals surface area contributed by atoms with E-state index in [-0.39, 0.29) is 54.2 Å². The van der Waals surface area contributed by atoms with Crippen LogP contribution in [0.25, 0.3) is 5.00 Å². The minimum atomic E-state index is -0.802. The van der Waals surface area contributed by atoms with Crippen molar-refractivity contribution in [1.82, 2.24) is 19.7 Å². The summed E-state index contributed by atoms with van der Waals surface area (Å²) in [7, 11) is 0. The van der Waals surface area contributed by atoms with E-state index in [1.54, 1.807) is 29.5 Å². The molecule has 272 valence electrons. The predicted octanol–water partition coefficient (Wildman–Crippen LogP) is 7.79. The number of Topliss-reactive ketones (excluding diaryl/α,β-unsaturated/α-hetero) is 3. The van der Waals surface area contributed by atoms with Crippen LogP contribution in [0, 0.1) is 20.8 Å². The number of hydrogen-bond acceptors (Lipinski definition) is 9. The number of aryl methyl sites for hydroxylation is 2. The first-order valence-electron chi connectivity index (χ1n) is 18.0. The molecule has 1 unspecified atom stereocenters. The predicted molar refractivity (Wildman–Crippen MR) is 203 cm³/mol. The highest BCUT2D eigenvalue weighted by Gasteiger charge is 2.44. The number of imide groups is 1. The van der Waals surface area contributed by atoms with Gasteiger partial charge in [-0.25, -0.2) is 0 Å². The highest BCUT2D eigenvalue weighted by Crippen LogP contribution is 2.40. The number of amides is 2. The van der Waals surface area contributed by atoms with Gasteiger partial charge in [0.25, 0.3) is 11.8 Å². The van der Waals surface area contributed by atoms with Crippen LogP contribution in [0.2, 0.25) is 5.02 Å². The zero-order chi connectivity index (χ0) is 37.6. The maximum absolute atomic E-state index is 13.5. The number of carbonyl (C=O) groups excluding carboxylic acids is 5. The Morgan fingerprint density at radius 1 is 0.925 bits per heavy atom. The van der Waals surface area contributed by atoms with E-state index in [0.29, 0.717) is 54.9 Å². The lowest BCUT2D eigenvalue weighted by atomic mass is 9.89. The van der Waals surface area contributed by atoms with E-state index in [1.165, 1.54) is 4.88 Å². The Morgan fingerprint density at radius 2 is 1.66 bits per heavy atom. The molecule has 0 spiro atoms. The second kappa shape index (κ2) is 14.9. The number of rotatable bonds is 12. The first kappa shape index (κ1) is 36.5. The first-order chi connectivity index (χ1) is 25.4. The summed E-state index contributed by atoms with van der Waals surface area (Å²) >= 11 is 7.89. The van der Waals surface area contributed by atoms with Crippen LogP contribution in [-0.2, 0) is 20.8 Å². The summed E-state index contributed by atoms with van der Waals surface area (Å²) in [6.07, 6.45) is 3.82. The van der Waals surface area contributed by atoms with Gasteiger partial charge in [-0.15, -0.1) is 21.5 Å². The summed E-state index contributed by atoms with van der Waals surface area (Å²) in [4.78, 5) is 73.4. The van der Waals surface area contributed by atoms with E-state index in [4.69, 9.17) is 16.6 Å². The Balaban J connectivity index is 0.967. The third kappa shape index (κ3) is 7.00. The number of unbranched alkanes of at least 4 members (excludes halogenated alkanes) is 2. The van der Waals surface area contributed by atoms with Gasteiger partial charge in [-0.3, -0.25) is 38.4 Å². The average Bonchev–Trinajstić information content (AvgIpc) is 3.70. The SMILES string of the molecule is C=C1CCC(N2C(=O)c3cccc(CC(=O)CCCCCC(=O)C[C@@H]4N=C(c5ccc(Cl)cc5)c5c(sc(C)c5C)-n5c(C)nnc54)c3C2=O)C(=O)C1. The van der Waals surface area contributed by atoms with Gasteiger partial charge >= 0.3 is 0 Å². The number of aliphatic imine (C=N–C) groups is 1. The molecule has 10 nitrogen and oxygen atoms in total. The summed E-state index contributed by atoms with van der Waals surface area (Å²) in [6, 6.07) is 11.2. The molecule has 2 aliphatic heterocycles. The molecule has 4 heterocycles. The number of hydrogen-bond donors (Lipinski definition) is 0. The Morgan fingerprint density at radius 3 is 2.40 bits per heavy atom. The van der Waals surface area contributed by atoms with Crippen LogP contribution in [0.4, 0.5) is 0 Å². The van der Waals surface area contributed by atoms with Gasteiger partial charge in [0.2, 0.25) is 0 Å². The third-order valence-corrected chi connectivity index (χ3v) is 11.9. The molecule has 1 saturated carbocycles. The second-order valence-corrected chi connectivity index (χ2v) is 15.8. The number of thiophene rings is 1. The van der Waals surface area contributed by atoms with E-state index < -0.39 is 23.9 Å². The molecule has 4 aromatic rings. The summed E-state index contributed by atoms with van der Waals surface area (Å²) in [6.45, 7) is 9.96. The molecule has 0 N–H and O–H groups in total. The number of fused-ring (bicyclic) bond motifs is 4. The third-order valence-electron chi connectivity index (χ3n) is 10.5. The molecular weight excluding hydrogens is 710 g/mol. The topological polar surface area (TPSA) is 132 Å². The van der Waals surface area contributed by atoms with E-state index in [1.807, 2.05) is 35.8 Å². The molecule has 0 radical (unpaired) electrons. The van der Waals surface area contributed by atoms with Crippen molar-refractivity contribution in [1.29, 1.82) is 0 Å². The van der Waals surface area contributed by atoms with E-state index >= 15 is 0 Å². The number of carbonyl (C=O) groups is 5. The molecule has 2 atom stereocenters. The van der Waals surface area contributed by atoms with Crippen LogP contribution in [0.3, 0.4) is 0 Å². The Kier molecular flexibility index (Phi) is 10.2. The van der Waals surface area contributed by atoms with Crippen LogP contribution in [-0.4, -0.2) is 60.6 Å². The number of nitrogens with zero attached hydrogens (tertiary/aromatic N) is 5. The van der Waals surface area contributed by atoms with Gasteiger partial charge in [0.05, 0.1) is 22.9 Å². The zero-order valence-corrected chi connectivity index (χ0v) is 31.6. The van der Waals surface area contributed by atoms with Gasteiger partial charge in [0.1, 0.15) is 28.4 Å². The van der Waals surface area contributed by atoms with Crippen molar-refractivity contribution in [3.63, 3.8) is 0 Å². The number of benzene rings is 2. The Bertz CT molecular complexity index is 2230. The van der Waals surface area contributed by atoms with Gasteiger partial charge in [-0.2, -0.15) is 0 Å². The van der Waals surface area contributed by atoms with Crippen molar-refractivity contribution < 1.29 is 24.0 Å². The fourth-order valence-electron chi connectivity index (χ4n) is 7.60. The lowest BCUT2D eigenvalue weighted by Gasteiger charge is -2.29. The Labute approximate surface area is 317 Å². The average molecular weight is 750 g/mol. The van der Waals surface area contributed by atoms with Crippen LogP contribution in [0.1, 0.15) is 123 Å². The fourth-order valence-corrected chi connectivity index (χ4v) is 8.94. The molecule has 2 amide bonds. The van der Waals surface area contributed by atoms with Crippen LogP contribution in [0.5, 0.6) is 0 Å². The molecule has 1 fully saturated rings. The second-order valence-electron chi connectivity index (χ2n) is 14.2. The zero-order valence-electron chi connectivity index (χ0n) is 30.0. The number of aromatic nitrogens is 3. The van der Waals surface area contributed by atoms with Crippen molar-refractivity contribution in [2.45, 2.75) is 97.1 Å². The van der Waals surface area contributed by atoms with Crippen LogP contribution in [0.15, 0.2) is 59.6 Å². The molecule has 0 saturated heterocycles. The van der Waals surface area contributed by atoms with Crippen molar-refractivity contribution in [2.24, 2.45) is 4.99 Å². The number of allylic oxidation sites excluding steroid dienone is 1. The summed E-state index contributed by atoms with van der Waals surface area (Å²) in [5, 5.41) is 10.5. The summed E-state index contributed by atoms with van der Waals surface area (Å²) in [5.74, 6) is 0.198. The van der Waals surface area contributed by atoms with Gasteiger partial charge in [0.15, 0.2) is 11.6 Å². The maximum Gasteiger partial charge on any atom is 0.262 e. The molecule has 2 aromatic heterocycles. The van der Waals surface area contributed by atoms with E-state index in [2.05, 4.69) is 30.6 Å². The first-order valence-corrected chi connectivity index (χ1v) is 19.2. The molecule has 3 aliphatic rings. The monoisotopic (exact) mass is 749 g/mol. The smallest absolute Gasteiger partial charge is 0.262 e. The largest absolute Gasteiger partial charge is 0.300 e. The minimum absolute atomic E-state index is 0.0185. The van der Waals surface area contributed by atoms with E-state index in [9.17, 15) is 24.0 Å². The van der Waals surface area contributed by atoms with Crippen molar-refractivity contribution in [3.8, 4) is 5.00 Å². The molecule has 12 heteroatoms. The number of ketones is 3. The molecule has 7 rings (SSSR count). The minimum Gasteiger partial charge on any atom is -0.300 e. The summed E-state index contributed by atoms with van der Waals surface area (Å²) < 4.78 is 2.03. The van der Waals surface area contributed by atoms with Crippen molar-refractivity contribution in [2.75, 3.05) is 0 Å². The van der Waals surface area contributed by atoms with Gasteiger partial charge in [-0.05, 0) is 75.8 Å². The quantitative estimate of drug-likeness (QED) is 0.0821. The molecule has 2 aromatic carbocycles. The van der Waals surface area contributed by atoms with Gasteiger partial charge < -0.3 is 0 Å². The van der Waals surface area contributed by atoms with Crippen LogP contribution < -0.4 is 0 Å². The maximum atomic E-state index is 13.5. The normalized spacial score (nSPS) is 18.1. The van der Waals surface area contributed by atoms with Crippen LogP contribution >= 0.6 is 22.9 Å².